The van der Waals surface area contributed by atoms with Crippen LogP contribution in [0.2, 0.25) is 0 Å². The number of hydrogen-bond donors (Lipinski definition) is 2. The van der Waals surface area contributed by atoms with Crippen molar-refractivity contribution < 1.29 is 8.42 Å². The predicted octanol–water partition coefficient (Wildman–Crippen LogP) is 3.55. The zero-order valence-electron chi connectivity index (χ0n) is 14.3. The van der Waals surface area contributed by atoms with E-state index in [2.05, 4.69) is 4.72 Å². The number of hydrogen-bond acceptors (Lipinski definition) is 3. The highest BCUT2D eigenvalue weighted by atomic mass is 32.2. The van der Waals surface area contributed by atoms with E-state index < -0.39 is 22.1 Å². The van der Waals surface area contributed by atoms with Crippen molar-refractivity contribution in [3.63, 3.8) is 0 Å². The molecule has 0 saturated carbocycles. The highest BCUT2D eigenvalue weighted by Gasteiger charge is 2.26. The molecule has 3 aromatic carbocycles. The quantitative estimate of drug-likeness (QED) is 0.672. The van der Waals surface area contributed by atoms with Gasteiger partial charge in [-0.05, 0) is 16.7 Å². The minimum Gasteiger partial charge on any atom is -0.322 e. The minimum absolute atomic E-state index is 0.0846. The molecule has 3 N–H and O–H groups in total. The van der Waals surface area contributed by atoms with Crippen LogP contribution in [0.5, 0.6) is 0 Å². The highest BCUT2D eigenvalue weighted by molar-refractivity contribution is 7.88. The molecule has 0 aliphatic rings. The maximum atomic E-state index is 12.8. The molecule has 0 aliphatic carbocycles. The van der Waals surface area contributed by atoms with Gasteiger partial charge in [-0.1, -0.05) is 91.0 Å². The van der Waals surface area contributed by atoms with Gasteiger partial charge in [-0.3, -0.25) is 0 Å². The Balaban J connectivity index is 1.89. The van der Waals surface area contributed by atoms with Crippen LogP contribution < -0.4 is 10.5 Å². The normalized spacial score (nSPS) is 13.9. The van der Waals surface area contributed by atoms with Crippen LogP contribution in [0.4, 0.5) is 0 Å². The van der Waals surface area contributed by atoms with Gasteiger partial charge in [0.05, 0.1) is 17.8 Å². The lowest BCUT2D eigenvalue weighted by Gasteiger charge is -2.26. The van der Waals surface area contributed by atoms with Gasteiger partial charge in [0.15, 0.2) is 0 Å². The van der Waals surface area contributed by atoms with E-state index in [-0.39, 0.29) is 5.75 Å². The summed E-state index contributed by atoms with van der Waals surface area (Å²) in [5.74, 6) is -0.0846. The first-order valence-electron chi connectivity index (χ1n) is 8.44. The molecule has 0 saturated heterocycles. The largest absolute Gasteiger partial charge is 0.322 e. The highest BCUT2D eigenvalue weighted by Crippen LogP contribution is 2.28. The maximum absolute atomic E-state index is 12.8. The van der Waals surface area contributed by atoms with Crippen molar-refractivity contribution >= 4 is 10.0 Å². The van der Waals surface area contributed by atoms with Crippen LogP contribution in [-0.4, -0.2) is 8.42 Å². The molecule has 2 atom stereocenters. The molecule has 0 amide bonds. The summed E-state index contributed by atoms with van der Waals surface area (Å²) >= 11 is 0. The molecule has 2 unspecified atom stereocenters. The lowest BCUT2D eigenvalue weighted by molar-refractivity contribution is 0.503. The summed E-state index contributed by atoms with van der Waals surface area (Å²) in [5, 5.41) is 0. The molecule has 0 spiro atoms. The van der Waals surface area contributed by atoms with Crippen molar-refractivity contribution in [3.8, 4) is 0 Å². The van der Waals surface area contributed by atoms with Gasteiger partial charge in [-0.15, -0.1) is 0 Å². The Morgan fingerprint density at radius 2 is 1.19 bits per heavy atom. The maximum Gasteiger partial charge on any atom is 0.216 e. The first kappa shape index (κ1) is 18.3. The van der Waals surface area contributed by atoms with Crippen LogP contribution in [0.1, 0.15) is 28.8 Å². The lowest BCUT2D eigenvalue weighted by atomic mass is 9.95. The van der Waals surface area contributed by atoms with Gasteiger partial charge in [-0.25, -0.2) is 13.1 Å². The van der Waals surface area contributed by atoms with Gasteiger partial charge in [-0.2, -0.15) is 0 Å². The summed E-state index contributed by atoms with van der Waals surface area (Å²) in [4.78, 5) is 0. The van der Waals surface area contributed by atoms with Gasteiger partial charge in [0.25, 0.3) is 0 Å². The second-order valence-electron chi connectivity index (χ2n) is 6.19. The third-order valence-electron chi connectivity index (χ3n) is 4.21. The topological polar surface area (TPSA) is 72.2 Å². The third kappa shape index (κ3) is 4.79. The van der Waals surface area contributed by atoms with Crippen molar-refractivity contribution in [3.05, 3.63) is 108 Å². The van der Waals surface area contributed by atoms with E-state index in [9.17, 15) is 8.42 Å². The van der Waals surface area contributed by atoms with Gasteiger partial charge in [0.2, 0.25) is 10.0 Å². The third-order valence-corrected chi connectivity index (χ3v) is 5.53. The Hall–Kier alpha value is -2.47. The van der Waals surface area contributed by atoms with Crippen LogP contribution in [0.3, 0.4) is 0 Å². The molecule has 0 heterocycles. The minimum atomic E-state index is -3.57. The van der Waals surface area contributed by atoms with E-state index in [0.29, 0.717) is 0 Å². The molecular weight excluding hydrogens is 344 g/mol. The fourth-order valence-corrected chi connectivity index (χ4v) is 4.29. The molecule has 134 valence electrons. The Morgan fingerprint density at radius 1 is 0.731 bits per heavy atom. The second-order valence-corrected chi connectivity index (χ2v) is 7.94. The number of nitrogens with one attached hydrogen (secondary N) is 1. The van der Waals surface area contributed by atoms with Gasteiger partial charge in [0.1, 0.15) is 0 Å². The van der Waals surface area contributed by atoms with E-state index in [0.717, 1.165) is 16.7 Å². The summed E-state index contributed by atoms with van der Waals surface area (Å²) in [6.45, 7) is 0. The molecule has 26 heavy (non-hydrogen) atoms. The zero-order valence-corrected chi connectivity index (χ0v) is 15.1. The van der Waals surface area contributed by atoms with Gasteiger partial charge >= 0.3 is 0 Å². The number of rotatable bonds is 7. The van der Waals surface area contributed by atoms with Gasteiger partial charge in [0, 0.05) is 0 Å². The Morgan fingerprint density at radius 3 is 1.73 bits per heavy atom. The molecule has 0 fully saturated rings. The first-order valence-corrected chi connectivity index (χ1v) is 10.1. The fourth-order valence-electron chi connectivity index (χ4n) is 2.91. The average molecular weight is 366 g/mol. The van der Waals surface area contributed by atoms with Crippen LogP contribution in [0, 0.1) is 0 Å². The van der Waals surface area contributed by atoms with Crippen LogP contribution >= 0.6 is 0 Å². The summed E-state index contributed by atoms with van der Waals surface area (Å²) in [5.41, 5.74) is 8.89. The Labute approximate surface area is 154 Å². The van der Waals surface area contributed by atoms with E-state index in [1.807, 2.05) is 78.9 Å². The fraction of sp³-hybridized carbons (Fsp3) is 0.143. The summed E-state index contributed by atoms with van der Waals surface area (Å²) in [6.07, 6.45) is 0. The smallest absolute Gasteiger partial charge is 0.216 e. The molecular formula is C21H22N2O2S. The lowest BCUT2D eigenvalue weighted by Crippen LogP contribution is -2.36. The van der Waals surface area contributed by atoms with E-state index in [1.165, 1.54) is 0 Å². The predicted molar refractivity (Wildman–Crippen MR) is 105 cm³/mol. The summed E-state index contributed by atoms with van der Waals surface area (Å²) < 4.78 is 28.3. The van der Waals surface area contributed by atoms with E-state index in [1.54, 1.807) is 12.1 Å². The van der Waals surface area contributed by atoms with Crippen molar-refractivity contribution in [1.82, 2.24) is 4.72 Å². The molecule has 0 aliphatic heterocycles. The molecule has 5 heteroatoms. The Bertz CT molecular complexity index is 914. The van der Waals surface area contributed by atoms with Crippen molar-refractivity contribution in [2.24, 2.45) is 5.73 Å². The Kier molecular flexibility index (Phi) is 5.83. The standard InChI is InChI=1S/C21H22N2O2S/c22-20(18-12-6-2-7-13-18)21(19-14-8-3-9-15-19)23-26(24,25)16-17-10-4-1-5-11-17/h1-15,20-21,23H,16,22H2. The van der Waals surface area contributed by atoms with E-state index in [4.69, 9.17) is 5.73 Å². The monoisotopic (exact) mass is 366 g/mol. The molecule has 0 radical (unpaired) electrons. The molecule has 0 aromatic heterocycles. The first-order chi connectivity index (χ1) is 12.6. The van der Waals surface area contributed by atoms with Gasteiger partial charge < -0.3 is 5.73 Å². The van der Waals surface area contributed by atoms with Crippen molar-refractivity contribution in [1.29, 1.82) is 0 Å². The van der Waals surface area contributed by atoms with Crippen LogP contribution in [-0.2, 0) is 15.8 Å². The zero-order chi connectivity index (χ0) is 18.4. The van der Waals surface area contributed by atoms with Crippen molar-refractivity contribution in [2.45, 2.75) is 17.8 Å². The number of nitrogens with two attached hydrogens (primary N) is 1. The molecule has 4 nitrogen and oxygen atoms in total. The van der Waals surface area contributed by atoms with E-state index >= 15 is 0 Å². The average Bonchev–Trinajstić information content (AvgIpc) is 2.67. The number of sulfonamides is 1. The second kappa shape index (κ2) is 8.27. The molecule has 3 rings (SSSR count). The molecule has 3 aromatic rings. The van der Waals surface area contributed by atoms with Crippen LogP contribution in [0.15, 0.2) is 91.0 Å². The van der Waals surface area contributed by atoms with Crippen LogP contribution in [0.25, 0.3) is 0 Å². The summed E-state index contributed by atoms with van der Waals surface area (Å²) in [7, 11) is -3.57. The molecule has 0 bridgehead atoms. The summed E-state index contributed by atoms with van der Waals surface area (Å²) in [6, 6.07) is 27.0. The van der Waals surface area contributed by atoms with Crippen molar-refractivity contribution in [2.75, 3.05) is 0 Å². The SMILES string of the molecule is NC(c1ccccc1)C(NS(=O)(=O)Cc1ccccc1)c1ccccc1. The number of benzene rings is 3.